The van der Waals surface area contributed by atoms with E-state index in [1.807, 2.05) is 25.1 Å². The van der Waals surface area contributed by atoms with Crippen molar-refractivity contribution in [2.24, 2.45) is 0 Å². The summed E-state index contributed by atoms with van der Waals surface area (Å²) in [5.74, 6) is -2.13. The Kier molecular flexibility index (Phi) is 7.66. The number of halogens is 3. The standard InChI is InChI=1S/C29H27F3O2/c1-3-5-6-7-21-12-15-25(29(32)28(21)31)20-10-8-19(9-11-20)24-14-13-22(16-26(24)30)23-17-33-27(4-2)34-18-23/h4-6,8-16,23,27H,2-3,7,17-18H2,1H3/b6-5-. The second kappa shape index (κ2) is 10.9. The summed E-state index contributed by atoms with van der Waals surface area (Å²) in [5.41, 5.74) is 2.91. The van der Waals surface area contributed by atoms with Crippen LogP contribution in [0.15, 0.2) is 79.4 Å². The topological polar surface area (TPSA) is 18.5 Å². The molecule has 176 valence electrons. The average molecular weight is 465 g/mol. The van der Waals surface area contributed by atoms with Gasteiger partial charge in [0.25, 0.3) is 0 Å². The molecule has 1 saturated heterocycles. The van der Waals surface area contributed by atoms with Gasteiger partial charge in [-0.05, 0) is 47.2 Å². The first-order chi connectivity index (χ1) is 16.5. The monoisotopic (exact) mass is 464 g/mol. The van der Waals surface area contributed by atoms with Crippen LogP contribution in [-0.2, 0) is 15.9 Å². The van der Waals surface area contributed by atoms with E-state index in [0.717, 1.165) is 12.0 Å². The third-order valence-corrected chi connectivity index (χ3v) is 5.99. The third-order valence-electron chi connectivity index (χ3n) is 5.99. The molecule has 0 N–H and O–H groups in total. The van der Waals surface area contributed by atoms with Gasteiger partial charge in [-0.2, -0.15) is 0 Å². The molecular formula is C29H27F3O2. The molecule has 1 heterocycles. The molecule has 0 saturated carbocycles. The predicted molar refractivity (Wildman–Crippen MR) is 129 cm³/mol. The van der Waals surface area contributed by atoms with Crippen molar-refractivity contribution < 1.29 is 22.6 Å². The Labute approximate surface area is 198 Å². The highest BCUT2D eigenvalue weighted by Gasteiger charge is 2.22. The molecule has 0 amide bonds. The van der Waals surface area contributed by atoms with E-state index < -0.39 is 17.9 Å². The van der Waals surface area contributed by atoms with E-state index in [4.69, 9.17) is 9.47 Å². The molecule has 1 aliphatic heterocycles. The maximum atomic E-state index is 14.9. The van der Waals surface area contributed by atoms with Gasteiger partial charge in [0.2, 0.25) is 0 Å². The van der Waals surface area contributed by atoms with Crippen LogP contribution in [-0.4, -0.2) is 19.5 Å². The van der Waals surface area contributed by atoms with E-state index in [-0.39, 0.29) is 17.3 Å². The fraction of sp³-hybridized carbons (Fsp3) is 0.241. The van der Waals surface area contributed by atoms with Gasteiger partial charge in [-0.1, -0.05) is 74.2 Å². The summed E-state index contributed by atoms with van der Waals surface area (Å²) in [6, 6.07) is 15.0. The molecule has 5 heteroatoms. The lowest BCUT2D eigenvalue weighted by Crippen LogP contribution is -2.29. The Morgan fingerprint density at radius 1 is 0.853 bits per heavy atom. The Balaban J connectivity index is 1.52. The van der Waals surface area contributed by atoms with Gasteiger partial charge in [0.1, 0.15) is 5.82 Å². The van der Waals surface area contributed by atoms with Crippen molar-refractivity contribution in [2.75, 3.05) is 13.2 Å². The second-order valence-corrected chi connectivity index (χ2v) is 8.27. The lowest BCUT2D eigenvalue weighted by Gasteiger charge is -2.28. The fourth-order valence-electron chi connectivity index (χ4n) is 4.04. The lowest BCUT2D eigenvalue weighted by molar-refractivity contribution is -0.159. The van der Waals surface area contributed by atoms with Gasteiger partial charge >= 0.3 is 0 Å². The lowest BCUT2D eigenvalue weighted by atomic mass is 9.95. The van der Waals surface area contributed by atoms with Gasteiger partial charge in [0.05, 0.1) is 13.2 Å². The zero-order chi connectivity index (χ0) is 24.1. The van der Waals surface area contributed by atoms with E-state index in [1.165, 1.54) is 6.07 Å². The van der Waals surface area contributed by atoms with Crippen LogP contribution in [0.3, 0.4) is 0 Å². The average Bonchev–Trinajstić information content (AvgIpc) is 2.87. The molecule has 1 fully saturated rings. The van der Waals surface area contributed by atoms with E-state index in [1.54, 1.807) is 48.5 Å². The van der Waals surface area contributed by atoms with Crippen LogP contribution in [0.2, 0.25) is 0 Å². The maximum absolute atomic E-state index is 14.9. The summed E-state index contributed by atoms with van der Waals surface area (Å²) in [5, 5.41) is 0. The fourth-order valence-corrected chi connectivity index (χ4v) is 4.04. The summed E-state index contributed by atoms with van der Waals surface area (Å²) in [6.45, 7) is 6.49. The molecule has 0 radical (unpaired) electrons. The predicted octanol–water partition coefficient (Wildman–Crippen LogP) is 7.59. The molecular weight excluding hydrogens is 437 g/mol. The Morgan fingerprint density at radius 2 is 1.50 bits per heavy atom. The SMILES string of the molecule is C=CC1OCC(c2ccc(-c3ccc(-c4ccc(C/C=C\CC)c(F)c4F)cc3)c(F)c2)CO1. The third kappa shape index (κ3) is 5.16. The highest BCUT2D eigenvalue weighted by molar-refractivity contribution is 5.71. The van der Waals surface area contributed by atoms with E-state index in [2.05, 4.69) is 6.58 Å². The molecule has 0 unspecified atom stereocenters. The smallest absolute Gasteiger partial charge is 0.176 e. The molecule has 0 atom stereocenters. The van der Waals surface area contributed by atoms with E-state index in [0.29, 0.717) is 41.9 Å². The van der Waals surface area contributed by atoms with Crippen LogP contribution >= 0.6 is 0 Å². The Morgan fingerprint density at radius 3 is 2.12 bits per heavy atom. The van der Waals surface area contributed by atoms with Crippen molar-refractivity contribution >= 4 is 0 Å². The van der Waals surface area contributed by atoms with Gasteiger partial charge < -0.3 is 9.47 Å². The number of allylic oxidation sites excluding steroid dienone is 2. The van der Waals surface area contributed by atoms with Gasteiger partial charge in [-0.3, -0.25) is 0 Å². The Hall–Kier alpha value is -3.15. The number of hydrogen-bond donors (Lipinski definition) is 0. The molecule has 0 aromatic heterocycles. The minimum absolute atomic E-state index is 0.0552. The van der Waals surface area contributed by atoms with Crippen molar-refractivity contribution in [3.05, 3.63) is 108 Å². The van der Waals surface area contributed by atoms with Crippen molar-refractivity contribution in [3.63, 3.8) is 0 Å². The summed E-state index contributed by atoms with van der Waals surface area (Å²) in [7, 11) is 0. The highest BCUT2D eigenvalue weighted by atomic mass is 19.2. The van der Waals surface area contributed by atoms with Crippen LogP contribution in [0.1, 0.15) is 30.4 Å². The summed E-state index contributed by atoms with van der Waals surface area (Å²) >= 11 is 0. The van der Waals surface area contributed by atoms with Crippen LogP contribution in [0.5, 0.6) is 0 Å². The molecule has 0 bridgehead atoms. The highest BCUT2D eigenvalue weighted by Crippen LogP contribution is 2.32. The summed E-state index contributed by atoms with van der Waals surface area (Å²) in [4.78, 5) is 0. The van der Waals surface area contributed by atoms with Gasteiger partial charge in [0.15, 0.2) is 17.9 Å². The molecule has 1 aliphatic rings. The number of benzene rings is 3. The normalized spacial score (nSPS) is 18.4. The zero-order valence-corrected chi connectivity index (χ0v) is 19.1. The number of ether oxygens (including phenoxy) is 2. The molecule has 0 spiro atoms. The molecule has 0 aliphatic carbocycles. The van der Waals surface area contributed by atoms with Gasteiger partial charge in [-0.25, -0.2) is 13.2 Å². The molecule has 2 nitrogen and oxygen atoms in total. The van der Waals surface area contributed by atoms with E-state index in [9.17, 15) is 13.2 Å². The van der Waals surface area contributed by atoms with Crippen LogP contribution in [0.4, 0.5) is 13.2 Å². The number of hydrogen-bond acceptors (Lipinski definition) is 2. The van der Waals surface area contributed by atoms with Crippen LogP contribution in [0.25, 0.3) is 22.3 Å². The van der Waals surface area contributed by atoms with Crippen molar-refractivity contribution in [1.82, 2.24) is 0 Å². The van der Waals surface area contributed by atoms with Crippen LogP contribution in [0, 0.1) is 17.5 Å². The second-order valence-electron chi connectivity index (χ2n) is 8.27. The van der Waals surface area contributed by atoms with Gasteiger partial charge in [-0.15, -0.1) is 0 Å². The largest absolute Gasteiger partial charge is 0.348 e. The van der Waals surface area contributed by atoms with Crippen molar-refractivity contribution in [3.8, 4) is 22.3 Å². The van der Waals surface area contributed by atoms with Gasteiger partial charge in [0, 0.05) is 17.0 Å². The van der Waals surface area contributed by atoms with Crippen molar-refractivity contribution in [2.45, 2.75) is 32.0 Å². The Bertz CT molecular complexity index is 1180. The molecule has 3 aromatic carbocycles. The molecule has 34 heavy (non-hydrogen) atoms. The minimum atomic E-state index is -0.874. The minimum Gasteiger partial charge on any atom is -0.348 e. The van der Waals surface area contributed by atoms with Crippen molar-refractivity contribution in [1.29, 1.82) is 0 Å². The summed E-state index contributed by atoms with van der Waals surface area (Å²) in [6.07, 6.45) is 6.11. The van der Waals surface area contributed by atoms with E-state index >= 15 is 0 Å². The number of rotatable bonds is 7. The summed E-state index contributed by atoms with van der Waals surface area (Å²) < 4.78 is 55.2. The quantitative estimate of drug-likeness (QED) is 0.335. The molecule has 3 aromatic rings. The zero-order valence-electron chi connectivity index (χ0n) is 19.1. The first kappa shape index (κ1) is 24.0. The van der Waals surface area contributed by atoms with Crippen LogP contribution < -0.4 is 0 Å². The maximum Gasteiger partial charge on any atom is 0.176 e. The molecule has 4 rings (SSSR count). The first-order valence-electron chi connectivity index (χ1n) is 11.4. The first-order valence-corrected chi connectivity index (χ1v) is 11.4.